The molecule has 0 aliphatic carbocycles. The van der Waals surface area contributed by atoms with Crippen molar-refractivity contribution in [2.75, 3.05) is 6.54 Å². The average molecular weight is 442 g/mol. The Morgan fingerprint density at radius 1 is 1.00 bits per heavy atom. The molecule has 0 radical (unpaired) electrons. The van der Waals surface area contributed by atoms with E-state index in [1.54, 1.807) is 6.20 Å². The van der Waals surface area contributed by atoms with Crippen LogP contribution in [-0.2, 0) is 6.42 Å². The van der Waals surface area contributed by atoms with Crippen molar-refractivity contribution < 1.29 is 4.79 Å². The van der Waals surface area contributed by atoms with Gasteiger partial charge in [-0.2, -0.15) is 10.2 Å². The van der Waals surface area contributed by atoms with Crippen molar-refractivity contribution in [3.05, 3.63) is 95.1 Å². The largest absolute Gasteiger partial charge is 0.352 e. The van der Waals surface area contributed by atoms with Crippen LogP contribution in [0, 0.1) is 13.8 Å². The number of nitrogens with zero attached hydrogens (tertiary/aromatic N) is 4. The van der Waals surface area contributed by atoms with Gasteiger partial charge in [0.2, 0.25) is 0 Å². The van der Waals surface area contributed by atoms with Crippen molar-refractivity contribution in [2.24, 2.45) is 0 Å². The van der Waals surface area contributed by atoms with Crippen LogP contribution >= 0.6 is 0 Å². The van der Waals surface area contributed by atoms with Gasteiger partial charge in [-0.05, 0) is 62.4 Å². The van der Waals surface area contributed by atoms with E-state index in [4.69, 9.17) is 0 Å². The summed E-state index contributed by atoms with van der Waals surface area (Å²) in [6.07, 6.45) is 5.46. The Kier molecular flexibility index (Phi) is 6.73. The molecule has 0 atom stereocenters. The van der Waals surface area contributed by atoms with Crippen molar-refractivity contribution in [1.82, 2.24) is 24.9 Å². The normalized spacial score (nSPS) is 11.2. The predicted molar refractivity (Wildman–Crippen MR) is 131 cm³/mol. The summed E-state index contributed by atoms with van der Waals surface area (Å²) in [5.41, 5.74) is 6.99. The van der Waals surface area contributed by atoms with E-state index in [2.05, 4.69) is 54.6 Å². The zero-order chi connectivity index (χ0) is 23.4. The summed E-state index contributed by atoms with van der Waals surface area (Å²) in [6, 6.07) is 18.3. The Labute approximate surface area is 195 Å². The molecule has 33 heavy (non-hydrogen) atoms. The van der Waals surface area contributed by atoms with Gasteiger partial charge >= 0.3 is 0 Å². The number of carbonyl (C=O) groups excluding carboxylic acids is 1. The molecule has 0 unspecified atom stereocenters. The first-order valence-corrected chi connectivity index (χ1v) is 11.5. The van der Waals surface area contributed by atoms with Gasteiger partial charge in [-0.15, -0.1) is 0 Å². The molecule has 4 aromatic rings. The first-order chi connectivity index (χ1) is 15.9. The lowest BCUT2D eigenvalue weighted by atomic mass is 10.0. The number of para-hydroxylation sites is 1. The number of nitrogens with one attached hydrogen (secondary N) is 1. The number of carbonyl (C=O) groups is 1. The molecule has 1 N–H and O–H groups in total. The van der Waals surface area contributed by atoms with E-state index in [0.717, 1.165) is 35.6 Å². The zero-order valence-electron chi connectivity index (χ0n) is 19.7. The number of aryl methyl sites for hydroxylation is 3. The monoisotopic (exact) mass is 441 g/mol. The van der Waals surface area contributed by atoms with Crippen LogP contribution in [0.4, 0.5) is 0 Å². The van der Waals surface area contributed by atoms with Gasteiger partial charge in [0.15, 0.2) is 0 Å². The molecule has 0 fully saturated rings. The fourth-order valence-corrected chi connectivity index (χ4v) is 4.01. The van der Waals surface area contributed by atoms with E-state index >= 15 is 0 Å². The standard InChI is InChI=1S/C27H31N5O/c1-19(2)26-25(17-29-32(26)24-14-12-20(3)13-15-24)27(33)28-16-8-9-22-18-31(30-21(22)4)23-10-6-5-7-11-23/h5-7,10-15,17-19H,8-9,16H2,1-4H3,(H,28,33). The summed E-state index contributed by atoms with van der Waals surface area (Å²) >= 11 is 0. The highest BCUT2D eigenvalue weighted by Gasteiger charge is 2.20. The number of hydrogen-bond donors (Lipinski definition) is 1. The summed E-state index contributed by atoms with van der Waals surface area (Å²) in [6.45, 7) is 8.87. The van der Waals surface area contributed by atoms with E-state index in [1.165, 1.54) is 11.1 Å². The van der Waals surface area contributed by atoms with Gasteiger partial charge in [-0.1, -0.05) is 49.7 Å². The third kappa shape index (κ3) is 5.06. The van der Waals surface area contributed by atoms with Crippen LogP contribution in [0.3, 0.4) is 0 Å². The van der Waals surface area contributed by atoms with Gasteiger partial charge in [0, 0.05) is 12.7 Å². The molecule has 2 aromatic heterocycles. The highest BCUT2D eigenvalue weighted by molar-refractivity contribution is 5.95. The van der Waals surface area contributed by atoms with E-state index in [1.807, 2.05) is 58.8 Å². The molecular formula is C27H31N5O. The first-order valence-electron chi connectivity index (χ1n) is 11.5. The quantitative estimate of drug-likeness (QED) is 0.384. The lowest BCUT2D eigenvalue weighted by Crippen LogP contribution is -2.26. The molecule has 0 aliphatic heterocycles. The zero-order valence-corrected chi connectivity index (χ0v) is 19.7. The van der Waals surface area contributed by atoms with E-state index < -0.39 is 0 Å². The Balaban J connectivity index is 1.39. The highest BCUT2D eigenvalue weighted by Crippen LogP contribution is 2.23. The second-order valence-electron chi connectivity index (χ2n) is 8.72. The minimum Gasteiger partial charge on any atom is -0.352 e. The molecule has 4 rings (SSSR count). The lowest BCUT2D eigenvalue weighted by Gasteiger charge is -2.13. The van der Waals surface area contributed by atoms with Crippen LogP contribution in [0.15, 0.2) is 67.0 Å². The van der Waals surface area contributed by atoms with E-state index in [0.29, 0.717) is 12.1 Å². The SMILES string of the molecule is Cc1ccc(-n2ncc(C(=O)NCCCc3cn(-c4ccccc4)nc3C)c2C(C)C)cc1. The second-order valence-corrected chi connectivity index (χ2v) is 8.72. The second kappa shape index (κ2) is 9.86. The van der Waals surface area contributed by atoms with Crippen molar-refractivity contribution in [3.63, 3.8) is 0 Å². The summed E-state index contributed by atoms with van der Waals surface area (Å²) in [5, 5.41) is 12.2. The van der Waals surface area contributed by atoms with Gasteiger partial charge in [-0.25, -0.2) is 9.36 Å². The average Bonchev–Trinajstić information content (AvgIpc) is 3.42. The van der Waals surface area contributed by atoms with Crippen LogP contribution in [0.5, 0.6) is 0 Å². The molecule has 0 spiro atoms. The number of rotatable bonds is 8. The molecule has 0 aliphatic rings. The van der Waals surface area contributed by atoms with Crippen LogP contribution in [0.25, 0.3) is 11.4 Å². The van der Waals surface area contributed by atoms with Crippen molar-refractivity contribution in [2.45, 2.75) is 46.5 Å². The Hall–Kier alpha value is -3.67. The molecule has 170 valence electrons. The molecule has 0 bridgehead atoms. The summed E-state index contributed by atoms with van der Waals surface area (Å²) < 4.78 is 3.79. The molecule has 1 amide bonds. The Morgan fingerprint density at radius 3 is 2.42 bits per heavy atom. The van der Waals surface area contributed by atoms with Crippen LogP contribution in [0.1, 0.15) is 59.1 Å². The van der Waals surface area contributed by atoms with E-state index in [9.17, 15) is 4.79 Å². The molecule has 0 saturated carbocycles. The maximum Gasteiger partial charge on any atom is 0.254 e. The van der Waals surface area contributed by atoms with Gasteiger partial charge in [-0.3, -0.25) is 4.79 Å². The number of benzene rings is 2. The fraction of sp³-hybridized carbons (Fsp3) is 0.296. The molecule has 6 heteroatoms. The minimum absolute atomic E-state index is 0.0752. The molecule has 2 heterocycles. The Morgan fingerprint density at radius 2 is 1.73 bits per heavy atom. The smallest absolute Gasteiger partial charge is 0.254 e. The molecular weight excluding hydrogens is 410 g/mol. The Bertz CT molecular complexity index is 1220. The van der Waals surface area contributed by atoms with Crippen molar-refractivity contribution in [3.8, 4) is 11.4 Å². The maximum absolute atomic E-state index is 13.0. The summed E-state index contributed by atoms with van der Waals surface area (Å²) in [7, 11) is 0. The maximum atomic E-state index is 13.0. The lowest BCUT2D eigenvalue weighted by molar-refractivity contribution is 0.0952. The molecule has 0 saturated heterocycles. The number of aromatic nitrogens is 4. The fourth-order valence-electron chi connectivity index (χ4n) is 4.01. The van der Waals surface area contributed by atoms with Crippen LogP contribution in [-0.4, -0.2) is 32.0 Å². The van der Waals surface area contributed by atoms with Crippen LogP contribution in [0.2, 0.25) is 0 Å². The predicted octanol–water partition coefficient (Wildman–Crippen LogP) is 5.16. The third-order valence-electron chi connectivity index (χ3n) is 5.81. The molecule has 6 nitrogen and oxygen atoms in total. The topological polar surface area (TPSA) is 64.7 Å². The minimum atomic E-state index is -0.0752. The number of amides is 1. The number of hydrogen-bond acceptors (Lipinski definition) is 3. The van der Waals surface area contributed by atoms with Crippen molar-refractivity contribution in [1.29, 1.82) is 0 Å². The van der Waals surface area contributed by atoms with Gasteiger partial charge in [0.05, 0.1) is 34.5 Å². The summed E-state index contributed by atoms with van der Waals surface area (Å²) in [4.78, 5) is 13.0. The van der Waals surface area contributed by atoms with Crippen LogP contribution < -0.4 is 5.32 Å². The van der Waals surface area contributed by atoms with Gasteiger partial charge < -0.3 is 5.32 Å². The van der Waals surface area contributed by atoms with Gasteiger partial charge in [0.25, 0.3) is 5.91 Å². The van der Waals surface area contributed by atoms with E-state index in [-0.39, 0.29) is 11.8 Å². The summed E-state index contributed by atoms with van der Waals surface area (Å²) in [5.74, 6) is 0.0924. The highest BCUT2D eigenvalue weighted by atomic mass is 16.1. The molecule has 2 aromatic carbocycles. The van der Waals surface area contributed by atoms with Gasteiger partial charge in [0.1, 0.15) is 0 Å². The first kappa shape index (κ1) is 22.5. The van der Waals surface area contributed by atoms with Crippen molar-refractivity contribution >= 4 is 5.91 Å². The third-order valence-corrected chi connectivity index (χ3v) is 5.81.